The van der Waals surface area contributed by atoms with Crippen LogP contribution in [0, 0.1) is 0 Å². The lowest BCUT2D eigenvalue weighted by Gasteiger charge is -2.34. The summed E-state index contributed by atoms with van der Waals surface area (Å²) in [6.07, 6.45) is 0. The van der Waals surface area contributed by atoms with Crippen molar-refractivity contribution in [2.45, 2.75) is 5.41 Å². The van der Waals surface area contributed by atoms with Gasteiger partial charge in [-0.25, -0.2) is 9.97 Å². The first-order valence-electron chi connectivity index (χ1n) is 29.4. The van der Waals surface area contributed by atoms with E-state index in [1.807, 2.05) is 0 Å². The summed E-state index contributed by atoms with van der Waals surface area (Å²) in [4.78, 5) is 11.5. The van der Waals surface area contributed by atoms with Gasteiger partial charge < -0.3 is 9.13 Å². The zero-order valence-electron chi connectivity index (χ0n) is 47.3. The van der Waals surface area contributed by atoms with Crippen molar-refractivity contribution in [1.82, 2.24) is 19.1 Å². The van der Waals surface area contributed by atoms with Crippen LogP contribution in [0.2, 0.25) is 0 Å². The molecule has 15 aromatic rings. The minimum Gasteiger partial charge on any atom is -0.344 e. The molecule has 4 nitrogen and oxygen atoms in total. The molecule has 0 amide bonds. The van der Waals surface area contributed by atoms with Gasteiger partial charge >= 0.3 is 0 Å². The molecule has 1 aliphatic rings. The lowest BCUT2D eigenvalue weighted by atomic mass is 9.67. The van der Waals surface area contributed by atoms with Crippen molar-refractivity contribution in [1.29, 1.82) is 0 Å². The van der Waals surface area contributed by atoms with E-state index in [1.54, 1.807) is 0 Å². The normalized spacial score (nSPS) is 12.8. The van der Waals surface area contributed by atoms with Gasteiger partial charge in [0.05, 0.1) is 28.2 Å². The molecule has 0 bridgehead atoms. The van der Waals surface area contributed by atoms with Crippen LogP contribution in [0.5, 0.6) is 0 Å². The van der Waals surface area contributed by atoms with Gasteiger partial charge in [-0.05, 0) is 91.5 Å². The van der Waals surface area contributed by atoms with E-state index in [0.29, 0.717) is 0 Å². The first kappa shape index (κ1) is 50.5. The van der Waals surface area contributed by atoms with Gasteiger partial charge in [0.1, 0.15) is 8.80 Å². The molecular formula is C79H58N4Si2. The summed E-state index contributed by atoms with van der Waals surface area (Å²) < 4.78 is 4.77. The molecule has 0 N–H and O–H groups in total. The molecular weight excluding hydrogens is 1060 g/mol. The number of aryl methyl sites for hydroxylation is 2. The second-order valence-electron chi connectivity index (χ2n) is 22.9. The van der Waals surface area contributed by atoms with E-state index < -0.39 is 22.3 Å². The number of hydrogen-bond acceptors (Lipinski definition) is 2. The highest BCUT2D eigenvalue weighted by Gasteiger charge is 2.49. The van der Waals surface area contributed by atoms with Gasteiger partial charge in [-0.2, -0.15) is 0 Å². The summed E-state index contributed by atoms with van der Waals surface area (Å²) in [5.41, 5.74) is 14.3. The highest BCUT2D eigenvalue weighted by molar-refractivity contribution is 7.20. The molecule has 16 rings (SSSR count). The van der Waals surface area contributed by atoms with Crippen molar-refractivity contribution >= 4 is 96.8 Å². The number of hydrogen-bond donors (Lipinski definition) is 0. The Labute approximate surface area is 497 Å². The lowest BCUT2D eigenvalue weighted by Crippen LogP contribution is -2.74. The van der Waals surface area contributed by atoms with Crippen LogP contribution in [-0.2, 0) is 19.5 Å². The van der Waals surface area contributed by atoms with Crippen LogP contribution < -0.4 is 36.3 Å². The van der Waals surface area contributed by atoms with Crippen molar-refractivity contribution < 1.29 is 0 Å². The number of fused-ring (bicyclic) bond motifs is 9. The summed E-state index contributed by atoms with van der Waals surface area (Å²) in [6, 6.07) is 116. The molecule has 4 aromatic heterocycles. The Bertz CT molecular complexity index is 4780. The third-order valence-corrected chi connectivity index (χ3v) is 26.4. The number of pyridine rings is 2. The first-order chi connectivity index (χ1) is 42.0. The summed E-state index contributed by atoms with van der Waals surface area (Å²) in [7, 11) is -0.307. The molecule has 1 aliphatic carbocycles. The fourth-order valence-electron chi connectivity index (χ4n) is 14.6. The maximum atomic E-state index is 5.73. The third-order valence-electron chi connectivity index (χ3n) is 18.5. The molecule has 11 aromatic carbocycles. The fraction of sp³-hybridized carbons (Fsp3) is 0.0380. The van der Waals surface area contributed by atoms with Gasteiger partial charge in [-0.3, -0.25) is 0 Å². The average molecular weight is 1120 g/mol. The Hall–Kier alpha value is -10.2. The van der Waals surface area contributed by atoms with Crippen molar-refractivity contribution in [3.8, 4) is 33.9 Å². The van der Waals surface area contributed by atoms with Gasteiger partial charge in [0.2, 0.25) is 0 Å². The minimum absolute atomic E-state index is 0.848. The Morgan fingerprint density at radius 1 is 0.306 bits per heavy atom. The van der Waals surface area contributed by atoms with E-state index in [4.69, 9.17) is 9.97 Å². The molecule has 0 saturated heterocycles. The summed E-state index contributed by atoms with van der Waals surface area (Å²) >= 11 is 0. The van der Waals surface area contributed by atoms with Crippen molar-refractivity contribution in [2.24, 2.45) is 14.1 Å². The maximum Gasteiger partial charge on any atom is 0.179 e. The Morgan fingerprint density at radius 2 is 0.659 bits per heavy atom. The summed E-state index contributed by atoms with van der Waals surface area (Å²) in [6.45, 7) is 0. The van der Waals surface area contributed by atoms with Gasteiger partial charge in [-0.15, -0.1) is 0 Å². The molecule has 0 saturated carbocycles. The predicted octanol–water partition coefficient (Wildman–Crippen LogP) is 13.1. The third kappa shape index (κ3) is 7.86. The molecule has 85 heavy (non-hydrogen) atoms. The standard InChI is InChI=1S/C79H58N4Si2/c1-82-73-46-38-56(50-65(73)67-52-60(40-48-75(67)82)84(58-28-14-5-15-29-58)59-30-16-6-17-31-59)79(69-42-44-71(54-24-10-3-11-25-54)80-77(69)78-70(79)43-45-72(81-78)55-26-12-4-13-27-55)57-39-47-74-66(51-57)68-53-64(41-49-76(68)83(74)2)85(61-32-18-7-19-33-61,62-34-20-8-21-35-62)63-36-22-9-23-37-63/h3-53,84H,1-2H3. The fourth-order valence-corrected chi connectivity index (χ4v) is 22.4. The Morgan fingerprint density at radius 3 is 1.08 bits per heavy atom. The van der Waals surface area contributed by atoms with E-state index >= 15 is 0 Å². The molecule has 0 atom stereocenters. The highest BCUT2D eigenvalue weighted by atomic mass is 28.3. The molecule has 4 heterocycles. The minimum atomic E-state index is -2.89. The van der Waals surface area contributed by atoms with Crippen LogP contribution in [-0.4, -0.2) is 36.0 Å². The molecule has 0 aliphatic heterocycles. The largest absolute Gasteiger partial charge is 0.344 e. The lowest BCUT2D eigenvalue weighted by molar-refractivity contribution is 0.767. The molecule has 0 fully saturated rings. The van der Waals surface area contributed by atoms with Gasteiger partial charge in [0.15, 0.2) is 8.07 Å². The van der Waals surface area contributed by atoms with Crippen LogP contribution >= 0.6 is 0 Å². The molecule has 0 radical (unpaired) electrons. The number of benzene rings is 11. The number of nitrogens with zero attached hydrogens (tertiary/aromatic N) is 4. The zero-order valence-corrected chi connectivity index (χ0v) is 49.5. The van der Waals surface area contributed by atoms with Crippen LogP contribution in [0.25, 0.3) is 77.5 Å². The Balaban J connectivity index is 0.989. The van der Waals surface area contributed by atoms with Gasteiger partial charge in [0, 0.05) is 68.8 Å². The molecule has 6 heteroatoms. The maximum absolute atomic E-state index is 5.73. The number of aromatic nitrogens is 4. The number of rotatable bonds is 11. The van der Waals surface area contributed by atoms with E-state index in [-0.39, 0.29) is 0 Å². The van der Waals surface area contributed by atoms with Crippen LogP contribution in [0.4, 0.5) is 0 Å². The van der Waals surface area contributed by atoms with Crippen LogP contribution in [0.15, 0.2) is 309 Å². The van der Waals surface area contributed by atoms with Crippen LogP contribution in [0.3, 0.4) is 0 Å². The first-order valence-corrected chi connectivity index (χ1v) is 33.2. The molecule has 402 valence electrons. The van der Waals surface area contributed by atoms with E-state index in [0.717, 1.165) is 45.0 Å². The SMILES string of the molecule is Cn1c2ccc([SiH](c3ccccc3)c3ccccc3)cc2c2cc(C3(c4ccc5c(c4)c4cc([Si](c6ccccc6)(c6ccccc6)c6ccccc6)ccc4n5C)c4ccc(-c5ccccc5)nc4-c4nc(-c5ccccc5)ccc43)ccc21. The summed E-state index contributed by atoms with van der Waals surface area (Å²) in [5.74, 6) is 0. The van der Waals surface area contributed by atoms with Crippen LogP contribution in [0.1, 0.15) is 22.3 Å². The quantitative estimate of drug-likeness (QED) is 0.0956. The zero-order chi connectivity index (χ0) is 56.6. The molecule has 0 unspecified atom stereocenters. The predicted molar refractivity (Wildman–Crippen MR) is 361 cm³/mol. The molecule has 0 spiro atoms. The second-order valence-corrected chi connectivity index (χ2v) is 29.5. The van der Waals surface area contributed by atoms with Crippen molar-refractivity contribution in [2.75, 3.05) is 0 Å². The van der Waals surface area contributed by atoms with E-state index in [2.05, 4.69) is 333 Å². The second kappa shape index (κ2) is 20.3. The monoisotopic (exact) mass is 1120 g/mol. The van der Waals surface area contributed by atoms with Gasteiger partial charge in [-0.1, -0.05) is 276 Å². The van der Waals surface area contributed by atoms with Crippen molar-refractivity contribution in [3.63, 3.8) is 0 Å². The smallest absolute Gasteiger partial charge is 0.179 e. The van der Waals surface area contributed by atoms with Gasteiger partial charge in [0.25, 0.3) is 0 Å². The van der Waals surface area contributed by atoms with E-state index in [1.165, 1.54) is 91.0 Å². The van der Waals surface area contributed by atoms with E-state index in [9.17, 15) is 0 Å². The summed E-state index contributed by atoms with van der Waals surface area (Å²) in [5, 5.41) is 14.5. The van der Waals surface area contributed by atoms with Crippen molar-refractivity contribution in [3.05, 3.63) is 332 Å². The topological polar surface area (TPSA) is 35.6 Å². The average Bonchev–Trinajstić information content (AvgIpc) is 1.80. The Kier molecular flexibility index (Phi) is 12.0. The highest BCUT2D eigenvalue weighted by Crippen LogP contribution is 2.57.